The number of benzene rings is 2. The molecule has 0 saturated carbocycles. The summed E-state index contributed by atoms with van der Waals surface area (Å²) in [4.78, 5) is 12.2. The molecule has 1 heterocycles. The lowest BCUT2D eigenvalue weighted by molar-refractivity contribution is -0.122. The normalized spacial score (nSPS) is 11.8. The predicted molar refractivity (Wildman–Crippen MR) is 89.1 cm³/mol. The van der Waals surface area contributed by atoms with Gasteiger partial charge in [-0.05, 0) is 66.2 Å². The first-order chi connectivity index (χ1) is 11.6. The van der Waals surface area contributed by atoms with Crippen LogP contribution in [0.15, 0.2) is 54.9 Å². The molecule has 1 unspecified atom stereocenters. The molecule has 0 saturated heterocycles. The molecular weight excluding hydrogens is 306 g/mol. The van der Waals surface area contributed by atoms with Gasteiger partial charge in [-0.1, -0.05) is 12.1 Å². The third-order valence-corrected chi connectivity index (χ3v) is 3.42. The Morgan fingerprint density at radius 1 is 1.21 bits per heavy atom. The number of hydrogen-bond acceptors (Lipinski definition) is 5. The highest BCUT2D eigenvalue weighted by Crippen LogP contribution is 2.17. The molecule has 0 radical (unpaired) electrons. The van der Waals surface area contributed by atoms with Crippen molar-refractivity contribution in [1.82, 2.24) is 20.2 Å². The van der Waals surface area contributed by atoms with Crippen molar-refractivity contribution in [2.45, 2.75) is 20.0 Å². The second-order valence-electron chi connectivity index (χ2n) is 5.37. The van der Waals surface area contributed by atoms with Crippen LogP contribution >= 0.6 is 0 Å². The lowest BCUT2D eigenvalue weighted by Gasteiger charge is -2.15. The van der Waals surface area contributed by atoms with Gasteiger partial charge in [0.15, 0.2) is 6.10 Å². The quantitative estimate of drug-likeness (QED) is 0.779. The highest BCUT2D eigenvalue weighted by molar-refractivity contribution is 5.94. The standard InChI is InChI=1S/C17H17N5O2/c1-12-4-3-5-14(10-12)19-17(23)13(2)24-16-8-6-15(7-9-16)22-11-18-20-21-22/h3-11,13H,1-2H3,(H,19,23). The minimum atomic E-state index is -0.621. The van der Waals surface area contributed by atoms with Crippen LogP contribution in [-0.2, 0) is 4.79 Å². The van der Waals surface area contributed by atoms with E-state index in [1.807, 2.05) is 43.3 Å². The molecular formula is C17H17N5O2. The highest BCUT2D eigenvalue weighted by Gasteiger charge is 2.15. The molecule has 7 heteroatoms. The molecule has 0 aliphatic heterocycles. The maximum absolute atomic E-state index is 12.2. The van der Waals surface area contributed by atoms with E-state index in [1.54, 1.807) is 19.1 Å². The summed E-state index contributed by atoms with van der Waals surface area (Å²) < 4.78 is 7.22. The SMILES string of the molecule is Cc1cccc(NC(=O)C(C)Oc2ccc(-n3cnnn3)cc2)c1. The van der Waals surface area contributed by atoms with Crippen LogP contribution in [0.2, 0.25) is 0 Å². The average molecular weight is 323 g/mol. The van der Waals surface area contributed by atoms with Crippen molar-refractivity contribution in [2.75, 3.05) is 5.32 Å². The Morgan fingerprint density at radius 3 is 2.67 bits per heavy atom. The van der Waals surface area contributed by atoms with Crippen LogP contribution in [0.1, 0.15) is 12.5 Å². The second kappa shape index (κ2) is 6.91. The Kier molecular flexibility index (Phi) is 4.51. The number of aryl methyl sites for hydroxylation is 1. The fourth-order valence-corrected chi connectivity index (χ4v) is 2.18. The van der Waals surface area contributed by atoms with E-state index in [0.717, 1.165) is 16.9 Å². The molecule has 1 aromatic heterocycles. The first-order valence-electron chi connectivity index (χ1n) is 7.49. The topological polar surface area (TPSA) is 81.9 Å². The maximum Gasteiger partial charge on any atom is 0.265 e. The largest absolute Gasteiger partial charge is 0.481 e. The number of carbonyl (C=O) groups is 1. The summed E-state index contributed by atoms with van der Waals surface area (Å²) in [5.74, 6) is 0.392. The monoisotopic (exact) mass is 323 g/mol. The molecule has 0 aliphatic carbocycles. The van der Waals surface area contributed by atoms with Crippen LogP contribution in [0.5, 0.6) is 5.75 Å². The van der Waals surface area contributed by atoms with Gasteiger partial charge in [-0.15, -0.1) is 5.10 Å². The molecule has 3 rings (SSSR count). The second-order valence-corrected chi connectivity index (χ2v) is 5.37. The van der Waals surface area contributed by atoms with E-state index >= 15 is 0 Å². The van der Waals surface area contributed by atoms with Crippen LogP contribution in [0.4, 0.5) is 5.69 Å². The number of amides is 1. The van der Waals surface area contributed by atoms with Crippen molar-refractivity contribution in [3.8, 4) is 11.4 Å². The third kappa shape index (κ3) is 3.75. The molecule has 0 fully saturated rings. The van der Waals surface area contributed by atoms with E-state index in [2.05, 4.69) is 20.8 Å². The van der Waals surface area contributed by atoms with Gasteiger partial charge >= 0.3 is 0 Å². The van der Waals surface area contributed by atoms with Crippen molar-refractivity contribution >= 4 is 11.6 Å². The lowest BCUT2D eigenvalue weighted by Crippen LogP contribution is -2.30. The van der Waals surface area contributed by atoms with Crippen molar-refractivity contribution in [1.29, 1.82) is 0 Å². The van der Waals surface area contributed by atoms with E-state index in [4.69, 9.17) is 4.74 Å². The zero-order valence-electron chi connectivity index (χ0n) is 13.4. The molecule has 24 heavy (non-hydrogen) atoms. The Labute approximate surface area is 139 Å². The van der Waals surface area contributed by atoms with Gasteiger partial charge in [0, 0.05) is 5.69 Å². The minimum absolute atomic E-state index is 0.204. The summed E-state index contributed by atoms with van der Waals surface area (Å²) in [7, 11) is 0. The van der Waals surface area contributed by atoms with Gasteiger partial charge < -0.3 is 10.1 Å². The fourth-order valence-electron chi connectivity index (χ4n) is 2.18. The molecule has 1 atom stereocenters. The molecule has 122 valence electrons. The van der Waals surface area contributed by atoms with Gasteiger partial charge in [-0.2, -0.15) is 0 Å². The number of anilines is 1. The summed E-state index contributed by atoms with van der Waals surface area (Å²) in [6.45, 7) is 3.68. The van der Waals surface area contributed by atoms with Gasteiger partial charge in [0.05, 0.1) is 5.69 Å². The number of ether oxygens (including phenoxy) is 1. The number of hydrogen-bond donors (Lipinski definition) is 1. The number of nitrogens with zero attached hydrogens (tertiary/aromatic N) is 4. The molecule has 1 amide bonds. The van der Waals surface area contributed by atoms with E-state index in [9.17, 15) is 4.79 Å². The van der Waals surface area contributed by atoms with Gasteiger partial charge in [-0.3, -0.25) is 4.79 Å². The molecule has 7 nitrogen and oxygen atoms in total. The minimum Gasteiger partial charge on any atom is -0.481 e. The average Bonchev–Trinajstić information content (AvgIpc) is 3.10. The molecule has 0 spiro atoms. The van der Waals surface area contributed by atoms with Gasteiger partial charge in [0.25, 0.3) is 5.91 Å². The summed E-state index contributed by atoms with van der Waals surface area (Å²) >= 11 is 0. The van der Waals surface area contributed by atoms with Crippen molar-refractivity contribution in [3.63, 3.8) is 0 Å². The van der Waals surface area contributed by atoms with E-state index in [1.165, 1.54) is 11.0 Å². The van der Waals surface area contributed by atoms with Gasteiger partial charge in [0.1, 0.15) is 12.1 Å². The fraction of sp³-hybridized carbons (Fsp3) is 0.176. The van der Waals surface area contributed by atoms with E-state index < -0.39 is 6.10 Å². The summed E-state index contributed by atoms with van der Waals surface area (Å²) in [6.07, 6.45) is 0.887. The van der Waals surface area contributed by atoms with Gasteiger partial charge in [0.2, 0.25) is 0 Å². The number of rotatable bonds is 5. The molecule has 0 bridgehead atoms. The van der Waals surface area contributed by atoms with Crippen LogP contribution in [-0.4, -0.2) is 32.2 Å². The maximum atomic E-state index is 12.2. The third-order valence-electron chi connectivity index (χ3n) is 3.42. The summed E-state index contributed by atoms with van der Waals surface area (Å²) in [5.41, 5.74) is 2.65. The zero-order chi connectivity index (χ0) is 16.9. The number of aromatic nitrogens is 4. The first-order valence-corrected chi connectivity index (χ1v) is 7.49. The number of tetrazole rings is 1. The predicted octanol–water partition coefficient (Wildman–Crippen LogP) is 2.38. The van der Waals surface area contributed by atoms with E-state index in [0.29, 0.717) is 5.75 Å². The Bertz CT molecular complexity index is 815. The first kappa shape index (κ1) is 15.7. The number of nitrogens with one attached hydrogen (secondary N) is 1. The Balaban J connectivity index is 1.61. The van der Waals surface area contributed by atoms with Crippen LogP contribution in [0.25, 0.3) is 5.69 Å². The zero-order valence-corrected chi connectivity index (χ0v) is 13.4. The van der Waals surface area contributed by atoms with Crippen LogP contribution in [0.3, 0.4) is 0 Å². The Hall–Kier alpha value is -3.22. The lowest BCUT2D eigenvalue weighted by atomic mass is 10.2. The van der Waals surface area contributed by atoms with E-state index in [-0.39, 0.29) is 5.91 Å². The summed E-state index contributed by atoms with van der Waals surface area (Å²) in [5, 5.41) is 13.8. The summed E-state index contributed by atoms with van der Waals surface area (Å²) in [6, 6.07) is 14.8. The van der Waals surface area contributed by atoms with Crippen LogP contribution in [0, 0.1) is 6.92 Å². The Morgan fingerprint density at radius 2 is 2.00 bits per heavy atom. The van der Waals surface area contributed by atoms with Crippen molar-refractivity contribution in [2.24, 2.45) is 0 Å². The van der Waals surface area contributed by atoms with Crippen molar-refractivity contribution in [3.05, 3.63) is 60.4 Å². The molecule has 0 aliphatic rings. The smallest absolute Gasteiger partial charge is 0.265 e. The number of carbonyl (C=O) groups excluding carboxylic acids is 1. The molecule has 3 aromatic rings. The van der Waals surface area contributed by atoms with Crippen molar-refractivity contribution < 1.29 is 9.53 Å². The van der Waals surface area contributed by atoms with Crippen LogP contribution < -0.4 is 10.1 Å². The molecule has 1 N–H and O–H groups in total. The molecule has 2 aromatic carbocycles. The highest BCUT2D eigenvalue weighted by atomic mass is 16.5. The van der Waals surface area contributed by atoms with Gasteiger partial charge in [-0.25, -0.2) is 4.68 Å².